The molecule has 0 spiro atoms. The molecular weight excluding hydrogens is 408 g/mol. The van der Waals surface area contributed by atoms with Gasteiger partial charge in [0.2, 0.25) is 6.79 Å². The molecule has 1 aromatic heterocycles. The van der Waals surface area contributed by atoms with Gasteiger partial charge in [0.15, 0.2) is 11.5 Å². The number of hydrogen-bond donors (Lipinski definition) is 1. The molecule has 1 atom stereocenters. The molecule has 32 heavy (non-hydrogen) atoms. The number of aryl methyl sites for hydroxylation is 2. The van der Waals surface area contributed by atoms with E-state index in [9.17, 15) is 14.7 Å². The molecule has 0 saturated carbocycles. The standard InChI is InChI=1S/C25H20N2O5/c1-14-6-7-15(2)17(11-14)23(28)21-22(18-5-3-4-10-26-18)27(25(30)24(21)29)16-8-9-19-20(12-16)32-13-31-19/h3-12,22,28H,13H2,1-2H3/b23-21+. The lowest BCUT2D eigenvalue weighted by molar-refractivity contribution is -0.132. The van der Waals surface area contributed by atoms with Crippen LogP contribution in [0.1, 0.15) is 28.4 Å². The number of carbonyl (C=O) groups is 2. The molecule has 1 unspecified atom stereocenters. The maximum atomic E-state index is 13.2. The lowest BCUT2D eigenvalue weighted by Gasteiger charge is -2.25. The fraction of sp³-hybridized carbons (Fsp3) is 0.160. The number of carbonyl (C=O) groups excluding carboxylic acids is 2. The molecule has 1 fully saturated rings. The molecular formula is C25H20N2O5. The fourth-order valence-corrected chi connectivity index (χ4v) is 4.09. The minimum atomic E-state index is -0.892. The van der Waals surface area contributed by atoms with Crippen LogP contribution in [0.4, 0.5) is 5.69 Å². The average Bonchev–Trinajstić information content (AvgIpc) is 3.37. The molecule has 1 N–H and O–H groups in total. The summed E-state index contributed by atoms with van der Waals surface area (Å²) in [6.07, 6.45) is 1.59. The highest BCUT2D eigenvalue weighted by Gasteiger charge is 2.48. The van der Waals surface area contributed by atoms with Crippen LogP contribution in [0.5, 0.6) is 11.5 Å². The second-order valence-electron chi connectivity index (χ2n) is 7.78. The Labute approximate surface area is 184 Å². The van der Waals surface area contributed by atoms with Crippen LogP contribution in [0.15, 0.2) is 66.4 Å². The number of hydrogen-bond acceptors (Lipinski definition) is 6. The quantitative estimate of drug-likeness (QED) is 0.385. The minimum absolute atomic E-state index is 0.0000619. The van der Waals surface area contributed by atoms with Crippen LogP contribution in [0.25, 0.3) is 5.76 Å². The van der Waals surface area contributed by atoms with E-state index >= 15 is 0 Å². The van der Waals surface area contributed by atoms with Gasteiger partial charge < -0.3 is 14.6 Å². The molecule has 2 aliphatic rings. The summed E-state index contributed by atoms with van der Waals surface area (Å²) in [7, 11) is 0. The molecule has 1 saturated heterocycles. The van der Waals surface area contributed by atoms with Crippen LogP contribution in [0, 0.1) is 13.8 Å². The summed E-state index contributed by atoms with van der Waals surface area (Å²) in [6.45, 7) is 3.84. The van der Waals surface area contributed by atoms with Gasteiger partial charge in [-0.15, -0.1) is 0 Å². The first-order chi connectivity index (χ1) is 15.5. The van der Waals surface area contributed by atoms with Gasteiger partial charge in [-0.05, 0) is 49.7 Å². The van der Waals surface area contributed by atoms with Gasteiger partial charge in [0.1, 0.15) is 11.8 Å². The van der Waals surface area contributed by atoms with E-state index in [4.69, 9.17) is 9.47 Å². The van der Waals surface area contributed by atoms with Gasteiger partial charge >= 0.3 is 0 Å². The molecule has 0 aliphatic carbocycles. The topological polar surface area (TPSA) is 89.0 Å². The van der Waals surface area contributed by atoms with E-state index < -0.39 is 17.7 Å². The number of Topliss-reactive ketones (excluding diaryl/α,β-unsaturated/α-hetero) is 1. The first kappa shape index (κ1) is 19.8. The minimum Gasteiger partial charge on any atom is -0.507 e. The summed E-state index contributed by atoms with van der Waals surface area (Å²) in [6, 6.07) is 15.0. The third-order valence-corrected chi connectivity index (χ3v) is 5.69. The van der Waals surface area contributed by atoms with Crippen LogP contribution in [0.2, 0.25) is 0 Å². The number of aromatic nitrogens is 1. The van der Waals surface area contributed by atoms with Gasteiger partial charge in [-0.2, -0.15) is 0 Å². The Bertz CT molecular complexity index is 1280. The molecule has 7 nitrogen and oxygen atoms in total. The smallest absolute Gasteiger partial charge is 0.300 e. The second-order valence-corrected chi connectivity index (χ2v) is 7.78. The van der Waals surface area contributed by atoms with Crippen molar-refractivity contribution in [3.8, 4) is 11.5 Å². The number of aliphatic hydroxyl groups excluding tert-OH is 1. The summed E-state index contributed by atoms with van der Waals surface area (Å²) in [4.78, 5) is 32.2. The van der Waals surface area contributed by atoms with E-state index in [0.717, 1.165) is 11.1 Å². The number of pyridine rings is 1. The van der Waals surface area contributed by atoms with Gasteiger partial charge in [-0.25, -0.2) is 0 Å². The first-order valence-corrected chi connectivity index (χ1v) is 10.1. The van der Waals surface area contributed by atoms with Crippen molar-refractivity contribution in [2.75, 3.05) is 11.7 Å². The summed E-state index contributed by atoms with van der Waals surface area (Å²) >= 11 is 0. The number of anilines is 1. The van der Waals surface area contributed by atoms with Crippen LogP contribution in [-0.4, -0.2) is 28.6 Å². The lowest BCUT2D eigenvalue weighted by Crippen LogP contribution is -2.29. The van der Waals surface area contributed by atoms with Gasteiger partial charge in [0, 0.05) is 23.5 Å². The first-order valence-electron chi connectivity index (χ1n) is 10.1. The Morgan fingerprint density at radius 3 is 2.62 bits per heavy atom. The fourth-order valence-electron chi connectivity index (χ4n) is 4.09. The maximum absolute atomic E-state index is 13.2. The van der Waals surface area contributed by atoms with Crippen molar-refractivity contribution < 1.29 is 24.2 Å². The van der Waals surface area contributed by atoms with Crippen molar-refractivity contribution in [2.24, 2.45) is 0 Å². The number of ether oxygens (including phenoxy) is 2. The Morgan fingerprint density at radius 2 is 1.84 bits per heavy atom. The van der Waals surface area contributed by atoms with Crippen LogP contribution in [-0.2, 0) is 9.59 Å². The number of rotatable bonds is 3. The van der Waals surface area contributed by atoms with E-state index in [-0.39, 0.29) is 18.1 Å². The monoisotopic (exact) mass is 428 g/mol. The highest BCUT2D eigenvalue weighted by Crippen LogP contribution is 2.44. The molecule has 0 bridgehead atoms. The molecule has 2 aromatic carbocycles. The third-order valence-electron chi connectivity index (χ3n) is 5.69. The molecule has 3 heterocycles. The largest absolute Gasteiger partial charge is 0.507 e. The van der Waals surface area contributed by atoms with Gasteiger partial charge in [-0.1, -0.05) is 23.8 Å². The summed E-state index contributed by atoms with van der Waals surface area (Å²) in [5.74, 6) is -0.680. The van der Waals surface area contributed by atoms with Crippen LogP contribution >= 0.6 is 0 Å². The van der Waals surface area contributed by atoms with Crippen molar-refractivity contribution in [1.29, 1.82) is 0 Å². The lowest BCUT2D eigenvalue weighted by atomic mass is 9.95. The van der Waals surface area contributed by atoms with Crippen molar-refractivity contribution in [1.82, 2.24) is 4.98 Å². The van der Waals surface area contributed by atoms with Gasteiger partial charge in [0.05, 0.1) is 11.3 Å². The number of ketones is 1. The molecule has 5 rings (SSSR count). The van der Waals surface area contributed by atoms with E-state index in [1.165, 1.54) is 4.90 Å². The summed E-state index contributed by atoms with van der Waals surface area (Å²) in [5.41, 5.74) is 3.15. The van der Waals surface area contributed by atoms with Gasteiger partial charge in [-0.3, -0.25) is 19.5 Å². The summed E-state index contributed by atoms with van der Waals surface area (Å²) in [5, 5.41) is 11.3. The number of fused-ring (bicyclic) bond motifs is 1. The number of nitrogens with zero attached hydrogens (tertiary/aromatic N) is 2. The Kier molecular flexibility index (Phi) is 4.66. The SMILES string of the molecule is Cc1ccc(C)c(/C(O)=C2\C(=O)C(=O)N(c3ccc4c(c3)OCO4)C2c2ccccn2)c1. The van der Waals surface area contributed by atoms with Gasteiger partial charge in [0.25, 0.3) is 11.7 Å². The number of benzene rings is 2. The van der Waals surface area contributed by atoms with Crippen molar-refractivity contribution >= 4 is 23.1 Å². The van der Waals surface area contributed by atoms with Crippen molar-refractivity contribution in [2.45, 2.75) is 19.9 Å². The van der Waals surface area contributed by atoms with Crippen LogP contribution < -0.4 is 14.4 Å². The highest BCUT2D eigenvalue weighted by atomic mass is 16.7. The van der Waals surface area contributed by atoms with E-state index in [1.807, 2.05) is 26.0 Å². The summed E-state index contributed by atoms with van der Waals surface area (Å²) < 4.78 is 10.8. The average molecular weight is 428 g/mol. The predicted molar refractivity (Wildman–Crippen MR) is 118 cm³/mol. The van der Waals surface area contributed by atoms with E-state index in [0.29, 0.717) is 28.4 Å². The normalized spacial score (nSPS) is 18.9. The Hall–Kier alpha value is -4.13. The molecule has 0 radical (unpaired) electrons. The predicted octanol–water partition coefficient (Wildman–Crippen LogP) is 4.05. The zero-order valence-electron chi connectivity index (χ0n) is 17.5. The second kappa shape index (κ2) is 7.53. The molecule has 7 heteroatoms. The molecule has 1 amide bonds. The zero-order valence-corrected chi connectivity index (χ0v) is 17.5. The number of amides is 1. The Morgan fingerprint density at radius 1 is 1.03 bits per heavy atom. The van der Waals surface area contributed by atoms with E-state index in [2.05, 4.69) is 4.98 Å². The zero-order chi connectivity index (χ0) is 22.4. The Balaban J connectivity index is 1.73. The molecule has 3 aromatic rings. The number of aliphatic hydroxyl groups is 1. The van der Waals surface area contributed by atoms with Crippen molar-refractivity contribution in [3.63, 3.8) is 0 Å². The van der Waals surface area contributed by atoms with Crippen LogP contribution in [0.3, 0.4) is 0 Å². The van der Waals surface area contributed by atoms with E-state index in [1.54, 1.807) is 48.7 Å². The maximum Gasteiger partial charge on any atom is 0.300 e. The third kappa shape index (κ3) is 3.10. The molecule has 160 valence electrons. The molecule has 2 aliphatic heterocycles. The highest BCUT2D eigenvalue weighted by molar-refractivity contribution is 6.51. The van der Waals surface area contributed by atoms with Crippen molar-refractivity contribution in [3.05, 3.63) is 88.8 Å².